The highest BCUT2D eigenvalue weighted by atomic mass is 32.1. The monoisotopic (exact) mass is 381 g/mol. The number of hydrogen-bond donors (Lipinski definition) is 2. The first-order valence-corrected chi connectivity index (χ1v) is 10.1. The van der Waals surface area contributed by atoms with Crippen LogP contribution in [0, 0.1) is 0 Å². The first-order chi connectivity index (χ1) is 13.2. The van der Waals surface area contributed by atoms with E-state index in [1.165, 1.54) is 18.4 Å². The van der Waals surface area contributed by atoms with Crippen molar-refractivity contribution in [3.63, 3.8) is 0 Å². The van der Waals surface area contributed by atoms with Crippen molar-refractivity contribution in [2.75, 3.05) is 12.4 Å². The van der Waals surface area contributed by atoms with E-state index in [4.69, 9.17) is 17.0 Å². The van der Waals surface area contributed by atoms with E-state index in [-0.39, 0.29) is 0 Å². The highest BCUT2D eigenvalue weighted by Gasteiger charge is 2.40. The number of benzene rings is 2. The van der Waals surface area contributed by atoms with Crippen molar-refractivity contribution in [3.05, 3.63) is 60.2 Å². The van der Waals surface area contributed by atoms with Crippen LogP contribution in [0.4, 0.5) is 5.69 Å². The SMILES string of the molecule is COc1ccc(CN2C3CCC2CC(NC(=S)Nc2ccccc2)C3)cc1. The fourth-order valence-corrected chi connectivity index (χ4v) is 4.75. The molecule has 0 aliphatic carbocycles. The van der Waals surface area contributed by atoms with Crippen LogP contribution >= 0.6 is 12.2 Å². The van der Waals surface area contributed by atoms with Crippen LogP contribution in [0.25, 0.3) is 0 Å². The number of nitrogens with one attached hydrogen (secondary N) is 2. The molecule has 27 heavy (non-hydrogen) atoms. The molecule has 2 aliphatic heterocycles. The van der Waals surface area contributed by atoms with E-state index in [0.29, 0.717) is 18.1 Å². The van der Waals surface area contributed by atoms with Crippen LogP contribution in [-0.2, 0) is 6.54 Å². The lowest BCUT2D eigenvalue weighted by atomic mass is 9.96. The molecule has 0 radical (unpaired) electrons. The van der Waals surface area contributed by atoms with E-state index in [1.807, 2.05) is 30.3 Å². The van der Waals surface area contributed by atoms with Gasteiger partial charge in [-0.05, 0) is 67.7 Å². The summed E-state index contributed by atoms with van der Waals surface area (Å²) in [6, 6.07) is 20.3. The molecule has 2 fully saturated rings. The highest BCUT2D eigenvalue weighted by molar-refractivity contribution is 7.80. The fourth-order valence-electron chi connectivity index (χ4n) is 4.47. The number of ether oxygens (including phenoxy) is 1. The molecule has 5 heteroatoms. The Morgan fingerprint density at radius 3 is 2.33 bits per heavy atom. The Labute approximate surface area is 166 Å². The normalized spacial score (nSPS) is 24.4. The zero-order valence-electron chi connectivity index (χ0n) is 15.7. The summed E-state index contributed by atoms with van der Waals surface area (Å²) in [6.07, 6.45) is 4.89. The van der Waals surface area contributed by atoms with Gasteiger partial charge < -0.3 is 15.4 Å². The maximum absolute atomic E-state index is 5.52. The van der Waals surface area contributed by atoms with Crippen LogP contribution in [0.15, 0.2) is 54.6 Å². The maximum atomic E-state index is 5.52. The second-order valence-electron chi connectivity index (χ2n) is 7.54. The Bertz CT molecular complexity index is 751. The van der Waals surface area contributed by atoms with Gasteiger partial charge in [-0.2, -0.15) is 0 Å². The number of methoxy groups -OCH3 is 1. The molecule has 0 spiro atoms. The lowest BCUT2D eigenvalue weighted by molar-refractivity contribution is 0.115. The standard InChI is InChI=1S/C22H27N3OS/c1-26-21-11-7-16(8-12-21)15-25-19-9-10-20(25)14-18(13-19)24-22(27)23-17-5-3-2-4-6-17/h2-8,11-12,18-20H,9-10,13-15H2,1H3,(H2,23,24,27). The molecule has 2 aliphatic rings. The third-order valence-corrected chi connectivity index (χ3v) is 6.00. The maximum Gasteiger partial charge on any atom is 0.170 e. The van der Waals surface area contributed by atoms with Crippen LogP contribution < -0.4 is 15.4 Å². The Hall–Kier alpha value is -2.11. The number of piperidine rings is 1. The topological polar surface area (TPSA) is 36.5 Å². The Kier molecular flexibility index (Phi) is 5.60. The summed E-state index contributed by atoms with van der Waals surface area (Å²) >= 11 is 5.52. The van der Waals surface area contributed by atoms with Gasteiger partial charge in [0.1, 0.15) is 5.75 Å². The predicted molar refractivity (Wildman–Crippen MR) is 114 cm³/mol. The Morgan fingerprint density at radius 2 is 1.70 bits per heavy atom. The summed E-state index contributed by atoms with van der Waals surface area (Å²) in [5.74, 6) is 0.920. The van der Waals surface area contributed by atoms with Crippen LogP contribution in [0.2, 0.25) is 0 Å². The van der Waals surface area contributed by atoms with Crippen molar-refractivity contribution >= 4 is 23.0 Å². The van der Waals surface area contributed by atoms with Crippen molar-refractivity contribution in [1.29, 1.82) is 0 Å². The number of rotatable bonds is 5. The predicted octanol–water partition coefficient (Wildman–Crippen LogP) is 4.18. The smallest absolute Gasteiger partial charge is 0.170 e. The zero-order chi connectivity index (χ0) is 18.6. The van der Waals surface area contributed by atoms with E-state index in [1.54, 1.807) is 7.11 Å². The molecule has 4 rings (SSSR count). The number of fused-ring (bicyclic) bond motifs is 2. The van der Waals surface area contributed by atoms with Gasteiger partial charge in [-0.3, -0.25) is 4.90 Å². The Morgan fingerprint density at radius 1 is 1.04 bits per heavy atom. The molecule has 4 nitrogen and oxygen atoms in total. The third-order valence-electron chi connectivity index (χ3n) is 5.78. The summed E-state index contributed by atoms with van der Waals surface area (Å²) in [5.41, 5.74) is 2.40. The third kappa shape index (κ3) is 4.42. The van der Waals surface area contributed by atoms with Gasteiger partial charge >= 0.3 is 0 Å². The van der Waals surface area contributed by atoms with Crippen molar-refractivity contribution in [3.8, 4) is 5.75 Å². The van der Waals surface area contributed by atoms with Crippen LogP contribution in [0.1, 0.15) is 31.2 Å². The number of para-hydroxylation sites is 1. The average Bonchev–Trinajstić information content (AvgIpc) is 2.91. The first-order valence-electron chi connectivity index (χ1n) is 9.72. The van der Waals surface area contributed by atoms with Gasteiger partial charge in [-0.15, -0.1) is 0 Å². The second-order valence-corrected chi connectivity index (χ2v) is 7.95. The molecule has 2 N–H and O–H groups in total. The molecular weight excluding hydrogens is 354 g/mol. The number of hydrogen-bond acceptors (Lipinski definition) is 3. The summed E-state index contributed by atoms with van der Waals surface area (Å²) in [4.78, 5) is 2.69. The molecule has 2 saturated heterocycles. The van der Waals surface area contributed by atoms with Crippen LogP contribution in [0.5, 0.6) is 5.75 Å². The summed E-state index contributed by atoms with van der Waals surface area (Å²) < 4.78 is 5.27. The molecule has 2 aromatic carbocycles. The van der Waals surface area contributed by atoms with Gasteiger partial charge in [0, 0.05) is 30.4 Å². The van der Waals surface area contributed by atoms with E-state index in [0.717, 1.165) is 35.9 Å². The van der Waals surface area contributed by atoms with E-state index in [9.17, 15) is 0 Å². The van der Waals surface area contributed by atoms with Gasteiger partial charge in [0.05, 0.1) is 7.11 Å². The van der Waals surface area contributed by atoms with Crippen molar-refractivity contribution in [1.82, 2.24) is 10.2 Å². The van der Waals surface area contributed by atoms with Crippen molar-refractivity contribution in [2.24, 2.45) is 0 Å². The lowest BCUT2D eigenvalue weighted by Gasteiger charge is -2.39. The van der Waals surface area contributed by atoms with Gasteiger partial charge in [-0.25, -0.2) is 0 Å². The van der Waals surface area contributed by atoms with Crippen LogP contribution in [-0.4, -0.2) is 35.2 Å². The highest BCUT2D eigenvalue weighted by Crippen LogP contribution is 2.37. The molecular formula is C22H27N3OS. The number of thiocarbonyl (C=S) groups is 1. The van der Waals surface area contributed by atoms with Gasteiger partial charge in [-0.1, -0.05) is 30.3 Å². The van der Waals surface area contributed by atoms with Gasteiger partial charge in [0.2, 0.25) is 0 Å². The van der Waals surface area contributed by atoms with Gasteiger partial charge in [0.25, 0.3) is 0 Å². The van der Waals surface area contributed by atoms with Crippen LogP contribution in [0.3, 0.4) is 0 Å². The molecule has 2 heterocycles. The summed E-state index contributed by atoms with van der Waals surface area (Å²) in [5, 5.41) is 7.57. The quantitative estimate of drug-likeness (QED) is 0.760. The van der Waals surface area contributed by atoms with E-state index < -0.39 is 0 Å². The van der Waals surface area contributed by atoms with Crippen molar-refractivity contribution in [2.45, 2.75) is 50.4 Å². The van der Waals surface area contributed by atoms with Gasteiger partial charge in [0.15, 0.2) is 5.11 Å². The zero-order valence-corrected chi connectivity index (χ0v) is 16.5. The second kappa shape index (κ2) is 8.28. The molecule has 0 amide bonds. The molecule has 2 bridgehead atoms. The summed E-state index contributed by atoms with van der Waals surface area (Å²) in [6.45, 7) is 1.03. The molecule has 0 aromatic heterocycles. The minimum Gasteiger partial charge on any atom is -0.497 e. The largest absolute Gasteiger partial charge is 0.497 e. The summed E-state index contributed by atoms with van der Waals surface area (Å²) in [7, 11) is 1.71. The van der Waals surface area contributed by atoms with E-state index >= 15 is 0 Å². The Balaban J connectivity index is 1.32. The van der Waals surface area contributed by atoms with E-state index in [2.05, 4.69) is 39.8 Å². The molecule has 2 unspecified atom stereocenters. The first kappa shape index (κ1) is 18.3. The lowest BCUT2D eigenvalue weighted by Crippen LogP contribution is -2.50. The molecule has 2 atom stereocenters. The fraction of sp³-hybridized carbons (Fsp3) is 0.409. The molecule has 2 aromatic rings. The number of nitrogens with zero attached hydrogens (tertiary/aromatic N) is 1. The number of anilines is 1. The average molecular weight is 382 g/mol. The van der Waals surface area contributed by atoms with Crippen molar-refractivity contribution < 1.29 is 4.74 Å². The minimum absolute atomic E-state index is 0.457. The molecule has 0 saturated carbocycles. The molecule has 142 valence electrons. The minimum atomic E-state index is 0.457.